The maximum atomic E-state index is 2.37. The van der Waals surface area contributed by atoms with Gasteiger partial charge in [-0.15, -0.1) is 0 Å². The van der Waals surface area contributed by atoms with Crippen LogP contribution in [0.25, 0.3) is 21.9 Å². The fourth-order valence-corrected chi connectivity index (χ4v) is 2.99. The van der Waals surface area contributed by atoms with Gasteiger partial charge in [0.15, 0.2) is 0 Å². The SMILES string of the molecule is CN(C)c1cc(-c2cccc(I)c2)c2ccccc2c1. The average molecular weight is 373 g/mol. The molecule has 0 bridgehead atoms. The molecule has 0 N–H and O–H groups in total. The molecule has 0 fully saturated rings. The third-order valence-corrected chi connectivity index (χ3v) is 4.17. The molecule has 0 radical (unpaired) electrons. The molecule has 1 nitrogen and oxygen atoms in total. The van der Waals surface area contributed by atoms with E-state index in [2.05, 4.69) is 102 Å². The summed E-state index contributed by atoms with van der Waals surface area (Å²) in [4.78, 5) is 2.16. The summed E-state index contributed by atoms with van der Waals surface area (Å²) < 4.78 is 1.26. The van der Waals surface area contributed by atoms with Crippen molar-refractivity contribution >= 4 is 39.1 Å². The molecule has 0 aliphatic heterocycles. The van der Waals surface area contributed by atoms with E-state index in [1.165, 1.54) is 31.2 Å². The molecule has 100 valence electrons. The van der Waals surface area contributed by atoms with Crippen LogP contribution in [-0.4, -0.2) is 14.1 Å². The van der Waals surface area contributed by atoms with Crippen LogP contribution in [0.1, 0.15) is 0 Å². The monoisotopic (exact) mass is 373 g/mol. The number of halogens is 1. The fraction of sp³-hybridized carbons (Fsp3) is 0.111. The van der Waals surface area contributed by atoms with Gasteiger partial charge in [0.05, 0.1) is 0 Å². The summed E-state index contributed by atoms with van der Waals surface area (Å²) in [6, 6.07) is 21.8. The summed E-state index contributed by atoms with van der Waals surface area (Å²) in [5.41, 5.74) is 3.81. The molecule has 2 heteroatoms. The Morgan fingerprint density at radius 2 is 1.65 bits per heavy atom. The Morgan fingerprint density at radius 1 is 0.850 bits per heavy atom. The van der Waals surface area contributed by atoms with Gasteiger partial charge in [0.1, 0.15) is 0 Å². The minimum atomic E-state index is 1.23. The number of benzene rings is 3. The molecule has 3 rings (SSSR count). The van der Waals surface area contributed by atoms with E-state index in [0.29, 0.717) is 0 Å². The van der Waals surface area contributed by atoms with E-state index in [9.17, 15) is 0 Å². The smallest absolute Gasteiger partial charge is 0.0373 e. The Bertz CT molecular complexity index is 762. The van der Waals surface area contributed by atoms with Gasteiger partial charge < -0.3 is 4.90 Å². The maximum Gasteiger partial charge on any atom is 0.0373 e. The molecule has 0 saturated heterocycles. The Balaban J connectivity index is 2.32. The van der Waals surface area contributed by atoms with Crippen LogP contribution >= 0.6 is 22.6 Å². The molecule has 0 saturated carbocycles. The zero-order valence-electron chi connectivity index (χ0n) is 11.6. The molecule has 0 spiro atoms. The van der Waals surface area contributed by atoms with Gasteiger partial charge in [0, 0.05) is 23.4 Å². The van der Waals surface area contributed by atoms with Crippen LogP contribution in [0, 0.1) is 3.57 Å². The molecular weight excluding hydrogens is 357 g/mol. The third kappa shape index (κ3) is 2.52. The highest BCUT2D eigenvalue weighted by atomic mass is 127. The van der Waals surface area contributed by atoms with E-state index in [-0.39, 0.29) is 0 Å². The summed E-state index contributed by atoms with van der Waals surface area (Å²) >= 11 is 2.37. The van der Waals surface area contributed by atoms with Crippen LogP contribution in [0.4, 0.5) is 5.69 Å². The van der Waals surface area contributed by atoms with Gasteiger partial charge in [-0.2, -0.15) is 0 Å². The maximum absolute atomic E-state index is 2.37. The molecule has 0 aliphatic carbocycles. The highest BCUT2D eigenvalue weighted by Gasteiger charge is 2.07. The predicted molar refractivity (Wildman–Crippen MR) is 96.4 cm³/mol. The van der Waals surface area contributed by atoms with Crippen molar-refractivity contribution in [2.75, 3.05) is 19.0 Å². The summed E-state index contributed by atoms with van der Waals surface area (Å²) in [6.45, 7) is 0. The van der Waals surface area contributed by atoms with Crippen LogP contribution in [0.15, 0.2) is 60.7 Å². The quantitative estimate of drug-likeness (QED) is 0.560. The van der Waals surface area contributed by atoms with E-state index < -0.39 is 0 Å². The lowest BCUT2D eigenvalue weighted by Crippen LogP contribution is -2.08. The third-order valence-electron chi connectivity index (χ3n) is 3.50. The number of rotatable bonds is 2. The minimum absolute atomic E-state index is 1.23. The minimum Gasteiger partial charge on any atom is -0.378 e. The first-order valence-corrected chi connectivity index (χ1v) is 7.69. The van der Waals surface area contributed by atoms with Crippen molar-refractivity contribution in [3.63, 3.8) is 0 Å². The number of anilines is 1. The van der Waals surface area contributed by atoms with Crippen LogP contribution < -0.4 is 4.90 Å². The van der Waals surface area contributed by atoms with E-state index >= 15 is 0 Å². The van der Waals surface area contributed by atoms with Crippen LogP contribution in [0.2, 0.25) is 0 Å². The zero-order chi connectivity index (χ0) is 14.1. The Hall–Kier alpha value is -1.55. The van der Waals surface area contributed by atoms with Crippen molar-refractivity contribution in [3.05, 3.63) is 64.2 Å². The van der Waals surface area contributed by atoms with Crippen molar-refractivity contribution in [1.29, 1.82) is 0 Å². The van der Waals surface area contributed by atoms with E-state index in [0.717, 1.165) is 0 Å². The second kappa shape index (κ2) is 5.44. The van der Waals surface area contributed by atoms with Crippen LogP contribution in [-0.2, 0) is 0 Å². The fourth-order valence-electron chi connectivity index (χ4n) is 2.45. The first-order valence-electron chi connectivity index (χ1n) is 6.61. The molecule has 0 heterocycles. The predicted octanol–water partition coefficient (Wildman–Crippen LogP) is 5.18. The lowest BCUT2D eigenvalue weighted by atomic mass is 9.97. The first kappa shape index (κ1) is 13.4. The largest absolute Gasteiger partial charge is 0.378 e. The van der Waals surface area contributed by atoms with Gasteiger partial charge >= 0.3 is 0 Å². The summed E-state index contributed by atoms with van der Waals surface area (Å²) in [5.74, 6) is 0. The van der Waals surface area contributed by atoms with Gasteiger partial charge in [0.2, 0.25) is 0 Å². The number of hydrogen-bond acceptors (Lipinski definition) is 1. The van der Waals surface area contributed by atoms with Crippen molar-refractivity contribution in [2.45, 2.75) is 0 Å². The second-order valence-electron chi connectivity index (χ2n) is 5.12. The molecule has 0 amide bonds. The van der Waals surface area contributed by atoms with Crippen LogP contribution in [0.5, 0.6) is 0 Å². The topological polar surface area (TPSA) is 3.24 Å². The Kier molecular flexibility index (Phi) is 3.66. The van der Waals surface area contributed by atoms with Gasteiger partial charge in [-0.3, -0.25) is 0 Å². The van der Waals surface area contributed by atoms with E-state index in [1.807, 2.05) is 0 Å². The molecule has 0 unspecified atom stereocenters. The Morgan fingerprint density at radius 3 is 2.40 bits per heavy atom. The van der Waals surface area contributed by atoms with Gasteiger partial charge in [-0.25, -0.2) is 0 Å². The summed E-state index contributed by atoms with van der Waals surface area (Å²) in [7, 11) is 4.17. The van der Waals surface area contributed by atoms with E-state index in [4.69, 9.17) is 0 Å². The highest BCUT2D eigenvalue weighted by Crippen LogP contribution is 2.33. The van der Waals surface area contributed by atoms with Gasteiger partial charge in [-0.1, -0.05) is 36.4 Å². The highest BCUT2D eigenvalue weighted by molar-refractivity contribution is 14.1. The average Bonchev–Trinajstić information content (AvgIpc) is 2.46. The van der Waals surface area contributed by atoms with Gasteiger partial charge in [-0.05, 0) is 68.8 Å². The molecular formula is C18H16IN. The molecule has 3 aromatic carbocycles. The second-order valence-corrected chi connectivity index (χ2v) is 6.36. The summed E-state index contributed by atoms with van der Waals surface area (Å²) in [5, 5.41) is 2.59. The number of fused-ring (bicyclic) bond motifs is 1. The van der Waals surface area contributed by atoms with Gasteiger partial charge in [0.25, 0.3) is 0 Å². The lowest BCUT2D eigenvalue weighted by Gasteiger charge is -2.16. The normalized spacial score (nSPS) is 10.8. The van der Waals surface area contributed by atoms with Crippen molar-refractivity contribution in [2.24, 2.45) is 0 Å². The lowest BCUT2D eigenvalue weighted by molar-refractivity contribution is 1.14. The van der Waals surface area contributed by atoms with Crippen LogP contribution in [0.3, 0.4) is 0 Å². The summed E-state index contributed by atoms with van der Waals surface area (Å²) in [6.07, 6.45) is 0. The molecule has 0 aliphatic rings. The van der Waals surface area contributed by atoms with Crippen molar-refractivity contribution in [1.82, 2.24) is 0 Å². The molecule has 0 atom stereocenters. The van der Waals surface area contributed by atoms with Crippen molar-refractivity contribution < 1.29 is 0 Å². The number of hydrogen-bond donors (Lipinski definition) is 0. The molecule has 20 heavy (non-hydrogen) atoms. The van der Waals surface area contributed by atoms with E-state index in [1.54, 1.807) is 0 Å². The molecule has 3 aromatic rings. The number of nitrogens with zero attached hydrogens (tertiary/aromatic N) is 1. The Labute approximate surface area is 133 Å². The standard InChI is InChI=1S/C18H16IN/c1-20(2)16-11-14-6-3-4-9-17(14)18(12-16)13-7-5-8-15(19)10-13/h3-12H,1-2H3. The first-order chi connectivity index (χ1) is 9.65. The molecule has 0 aromatic heterocycles. The zero-order valence-corrected chi connectivity index (χ0v) is 13.8. The van der Waals surface area contributed by atoms with Crippen molar-refractivity contribution in [3.8, 4) is 11.1 Å².